The second-order valence-corrected chi connectivity index (χ2v) is 5.09. The van der Waals surface area contributed by atoms with Gasteiger partial charge in [0.15, 0.2) is 5.96 Å². The minimum Gasteiger partial charge on any atom is -0.370 e. The molecule has 0 bridgehead atoms. The van der Waals surface area contributed by atoms with Crippen LogP contribution in [0.3, 0.4) is 0 Å². The number of guanidine groups is 1. The van der Waals surface area contributed by atoms with Gasteiger partial charge in [0.2, 0.25) is 0 Å². The standard InChI is InChI=1S/C13H27N3.HI/c1-3-5-10-15-12(14)16-11-13(7-4-2)8-6-9-13;/h3-11H2,1-2H3,(H3,14,15,16);1H. The molecule has 0 aromatic rings. The Morgan fingerprint density at radius 2 is 2.00 bits per heavy atom. The van der Waals surface area contributed by atoms with E-state index in [1.165, 1.54) is 38.5 Å². The van der Waals surface area contributed by atoms with Gasteiger partial charge >= 0.3 is 0 Å². The third-order valence-electron chi connectivity index (χ3n) is 3.62. The number of hydrogen-bond donors (Lipinski definition) is 2. The summed E-state index contributed by atoms with van der Waals surface area (Å²) in [5.41, 5.74) is 6.33. The summed E-state index contributed by atoms with van der Waals surface area (Å²) in [5.74, 6) is 0.635. The maximum Gasteiger partial charge on any atom is 0.188 e. The number of nitrogens with two attached hydrogens (primary N) is 1. The van der Waals surface area contributed by atoms with Crippen LogP contribution in [-0.4, -0.2) is 19.0 Å². The fourth-order valence-corrected chi connectivity index (χ4v) is 2.40. The molecule has 0 radical (unpaired) electrons. The molecule has 0 spiro atoms. The maximum atomic E-state index is 5.84. The predicted octanol–water partition coefficient (Wildman–Crippen LogP) is 3.28. The summed E-state index contributed by atoms with van der Waals surface area (Å²) >= 11 is 0. The molecule has 0 amide bonds. The number of aliphatic imine (C=N–C) groups is 1. The zero-order chi connectivity index (χ0) is 11.9. The largest absolute Gasteiger partial charge is 0.370 e. The lowest BCUT2D eigenvalue weighted by molar-refractivity contribution is 0.130. The van der Waals surface area contributed by atoms with Crippen LogP contribution in [0.15, 0.2) is 4.99 Å². The molecule has 1 aliphatic rings. The van der Waals surface area contributed by atoms with Crippen molar-refractivity contribution < 1.29 is 0 Å². The van der Waals surface area contributed by atoms with Gasteiger partial charge in [-0.2, -0.15) is 0 Å². The summed E-state index contributed by atoms with van der Waals surface area (Å²) < 4.78 is 0. The van der Waals surface area contributed by atoms with E-state index < -0.39 is 0 Å². The monoisotopic (exact) mass is 353 g/mol. The fraction of sp³-hybridized carbons (Fsp3) is 0.923. The molecule has 0 unspecified atom stereocenters. The Morgan fingerprint density at radius 1 is 1.29 bits per heavy atom. The van der Waals surface area contributed by atoms with E-state index in [0.29, 0.717) is 11.4 Å². The van der Waals surface area contributed by atoms with Crippen molar-refractivity contribution in [3.05, 3.63) is 0 Å². The molecular formula is C13H28IN3. The van der Waals surface area contributed by atoms with Crippen LogP contribution in [0.2, 0.25) is 0 Å². The zero-order valence-corrected chi connectivity index (χ0v) is 13.6. The highest BCUT2D eigenvalue weighted by atomic mass is 127. The van der Waals surface area contributed by atoms with Crippen LogP contribution >= 0.6 is 24.0 Å². The summed E-state index contributed by atoms with van der Waals surface area (Å²) in [4.78, 5) is 4.49. The lowest BCUT2D eigenvalue weighted by atomic mass is 9.66. The van der Waals surface area contributed by atoms with Gasteiger partial charge in [-0.05, 0) is 31.1 Å². The van der Waals surface area contributed by atoms with Crippen molar-refractivity contribution in [3.63, 3.8) is 0 Å². The molecule has 4 heteroatoms. The average Bonchev–Trinajstić information content (AvgIpc) is 2.22. The molecule has 102 valence electrons. The molecule has 0 heterocycles. The van der Waals surface area contributed by atoms with Crippen molar-refractivity contribution in [3.8, 4) is 0 Å². The summed E-state index contributed by atoms with van der Waals surface area (Å²) in [6.45, 7) is 6.31. The Morgan fingerprint density at radius 3 is 2.47 bits per heavy atom. The molecule has 1 aliphatic carbocycles. The normalized spacial score (nSPS) is 18.1. The lowest BCUT2D eigenvalue weighted by Crippen LogP contribution is -2.37. The predicted molar refractivity (Wildman–Crippen MR) is 86.0 cm³/mol. The molecule has 0 saturated heterocycles. The van der Waals surface area contributed by atoms with Crippen LogP contribution in [0, 0.1) is 5.41 Å². The summed E-state index contributed by atoms with van der Waals surface area (Å²) in [5, 5.41) is 3.17. The van der Waals surface area contributed by atoms with Gasteiger partial charge in [0.05, 0.1) is 0 Å². The van der Waals surface area contributed by atoms with Crippen molar-refractivity contribution in [2.45, 2.75) is 58.8 Å². The minimum absolute atomic E-state index is 0. The third kappa shape index (κ3) is 5.93. The van der Waals surface area contributed by atoms with Crippen molar-refractivity contribution in [1.29, 1.82) is 0 Å². The van der Waals surface area contributed by atoms with Crippen molar-refractivity contribution >= 4 is 29.9 Å². The summed E-state index contributed by atoms with van der Waals surface area (Å²) in [6, 6.07) is 0. The number of unbranched alkanes of at least 4 members (excludes halogenated alkanes) is 1. The topological polar surface area (TPSA) is 50.4 Å². The second-order valence-electron chi connectivity index (χ2n) is 5.09. The number of hydrogen-bond acceptors (Lipinski definition) is 1. The highest BCUT2D eigenvalue weighted by Crippen LogP contribution is 2.44. The van der Waals surface area contributed by atoms with Gasteiger partial charge in [-0.25, -0.2) is 0 Å². The minimum atomic E-state index is 0. The molecule has 3 nitrogen and oxygen atoms in total. The van der Waals surface area contributed by atoms with E-state index in [9.17, 15) is 0 Å². The van der Waals surface area contributed by atoms with Crippen molar-refractivity contribution in [1.82, 2.24) is 5.32 Å². The van der Waals surface area contributed by atoms with Gasteiger partial charge in [0.25, 0.3) is 0 Å². The Bertz CT molecular complexity index is 225. The second kappa shape index (κ2) is 9.00. The molecule has 1 rings (SSSR count). The van der Waals surface area contributed by atoms with Crippen LogP contribution in [0.1, 0.15) is 58.8 Å². The van der Waals surface area contributed by atoms with E-state index >= 15 is 0 Å². The maximum absolute atomic E-state index is 5.84. The molecule has 0 atom stereocenters. The Balaban J connectivity index is 0.00000256. The van der Waals surface area contributed by atoms with Gasteiger partial charge < -0.3 is 11.1 Å². The molecular weight excluding hydrogens is 325 g/mol. The van der Waals surface area contributed by atoms with Crippen molar-refractivity contribution in [2.24, 2.45) is 16.1 Å². The van der Waals surface area contributed by atoms with Gasteiger partial charge in [-0.3, -0.25) is 4.99 Å². The number of nitrogens with zero attached hydrogens (tertiary/aromatic N) is 1. The molecule has 0 aromatic heterocycles. The van der Waals surface area contributed by atoms with Crippen LogP contribution in [0.4, 0.5) is 0 Å². The van der Waals surface area contributed by atoms with E-state index in [-0.39, 0.29) is 24.0 Å². The Kier molecular flexibility index (Phi) is 9.00. The zero-order valence-electron chi connectivity index (χ0n) is 11.3. The highest BCUT2D eigenvalue weighted by Gasteiger charge is 2.35. The van der Waals surface area contributed by atoms with E-state index in [2.05, 4.69) is 24.2 Å². The van der Waals surface area contributed by atoms with Gasteiger partial charge in [-0.1, -0.05) is 33.1 Å². The smallest absolute Gasteiger partial charge is 0.188 e. The molecule has 3 N–H and O–H groups in total. The first-order valence-electron chi connectivity index (χ1n) is 6.76. The highest BCUT2D eigenvalue weighted by molar-refractivity contribution is 14.0. The molecule has 1 saturated carbocycles. The summed E-state index contributed by atoms with van der Waals surface area (Å²) in [7, 11) is 0. The van der Waals surface area contributed by atoms with E-state index in [0.717, 1.165) is 19.5 Å². The van der Waals surface area contributed by atoms with E-state index in [1.54, 1.807) is 0 Å². The van der Waals surface area contributed by atoms with Crippen LogP contribution in [0.5, 0.6) is 0 Å². The number of halogens is 1. The molecule has 17 heavy (non-hydrogen) atoms. The van der Waals surface area contributed by atoms with Gasteiger partial charge in [0, 0.05) is 13.1 Å². The van der Waals surface area contributed by atoms with Crippen LogP contribution in [0.25, 0.3) is 0 Å². The average molecular weight is 353 g/mol. The van der Waals surface area contributed by atoms with E-state index in [1.807, 2.05) is 0 Å². The molecule has 0 aliphatic heterocycles. The number of nitrogens with one attached hydrogen (secondary N) is 1. The van der Waals surface area contributed by atoms with Crippen LogP contribution < -0.4 is 11.1 Å². The van der Waals surface area contributed by atoms with Crippen LogP contribution in [-0.2, 0) is 0 Å². The molecule has 1 fully saturated rings. The quantitative estimate of drug-likeness (QED) is 0.319. The molecule has 0 aromatic carbocycles. The first-order chi connectivity index (χ1) is 7.72. The Labute approximate surface area is 123 Å². The fourth-order valence-electron chi connectivity index (χ4n) is 2.40. The first kappa shape index (κ1) is 17.0. The number of rotatable bonds is 7. The van der Waals surface area contributed by atoms with E-state index in [4.69, 9.17) is 5.73 Å². The van der Waals surface area contributed by atoms with Gasteiger partial charge in [0.1, 0.15) is 0 Å². The van der Waals surface area contributed by atoms with Crippen molar-refractivity contribution in [2.75, 3.05) is 13.1 Å². The van der Waals surface area contributed by atoms with Gasteiger partial charge in [-0.15, -0.1) is 24.0 Å². The third-order valence-corrected chi connectivity index (χ3v) is 3.62. The first-order valence-corrected chi connectivity index (χ1v) is 6.76. The summed E-state index contributed by atoms with van der Waals surface area (Å²) in [6.07, 6.45) is 8.98. The Hall–Kier alpha value is 0. The lowest BCUT2D eigenvalue weighted by Gasteiger charge is -2.40. The SMILES string of the molecule is CCCCNC(N)=NCC1(CCC)CCC1.I.